The second kappa shape index (κ2) is 6.19. The Bertz CT molecular complexity index is 394. The molecule has 2 rings (SSSR count). The Labute approximate surface area is 111 Å². The largest absolute Gasteiger partial charge is 0.376 e. The van der Waals surface area contributed by atoms with Crippen LogP contribution in [0.5, 0.6) is 0 Å². The fourth-order valence-corrected chi connectivity index (χ4v) is 2.14. The Kier molecular flexibility index (Phi) is 4.59. The van der Waals surface area contributed by atoms with Crippen LogP contribution in [0.15, 0.2) is 24.3 Å². The molecular weight excluding hydrogens is 256 g/mol. The normalized spacial score (nSPS) is 19.0. The topological polar surface area (TPSA) is 33.3 Å². The molecule has 1 heterocycles. The molecule has 0 unspecified atom stereocenters. The molecule has 0 amide bonds. The van der Waals surface area contributed by atoms with Gasteiger partial charge in [0.1, 0.15) is 0 Å². The van der Waals surface area contributed by atoms with Crippen LogP contribution in [-0.2, 0) is 4.74 Å². The van der Waals surface area contributed by atoms with E-state index in [2.05, 4.69) is 10.6 Å². The molecule has 17 heavy (non-hydrogen) atoms. The third-order valence-corrected chi connectivity index (χ3v) is 3.08. The molecule has 1 aliphatic rings. The first-order valence-electron chi connectivity index (χ1n) is 5.66. The zero-order chi connectivity index (χ0) is 12.1. The van der Waals surface area contributed by atoms with Gasteiger partial charge < -0.3 is 15.4 Å². The average molecular weight is 271 g/mol. The van der Waals surface area contributed by atoms with E-state index in [1.807, 2.05) is 24.3 Å². The highest BCUT2D eigenvalue weighted by Crippen LogP contribution is 2.15. The Morgan fingerprint density at radius 2 is 2.41 bits per heavy atom. The van der Waals surface area contributed by atoms with Crippen molar-refractivity contribution in [3.8, 4) is 0 Å². The van der Waals surface area contributed by atoms with Crippen LogP contribution in [0.4, 0.5) is 5.69 Å². The minimum atomic E-state index is 0.286. The van der Waals surface area contributed by atoms with Gasteiger partial charge in [0.2, 0.25) is 0 Å². The van der Waals surface area contributed by atoms with Gasteiger partial charge in [0.05, 0.1) is 6.10 Å². The first-order valence-corrected chi connectivity index (χ1v) is 6.45. The lowest BCUT2D eigenvalue weighted by atomic mass is 10.2. The molecule has 1 aliphatic heterocycles. The molecular formula is C12H15ClN2OS. The molecule has 2 N–H and O–H groups in total. The van der Waals surface area contributed by atoms with Crippen molar-refractivity contribution in [2.24, 2.45) is 0 Å². The van der Waals surface area contributed by atoms with E-state index in [1.165, 1.54) is 0 Å². The van der Waals surface area contributed by atoms with E-state index in [9.17, 15) is 0 Å². The maximum atomic E-state index is 5.89. The van der Waals surface area contributed by atoms with Crippen LogP contribution in [0.1, 0.15) is 12.8 Å². The summed E-state index contributed by atoms with van der Waals surface area (Å²) in [6, 6.07) is 7.47. The van der Waals surface area contributed by atoms with Crippen LogP contribution in [0.25, 0.3) is 0 Å². The number of nitrogens with one attached hydrogen (secondary N) is 2. The molecule has 0 bridgehead atoms. The van der Waals surface area contributed by atoms with E-state index < -0.39 is 0 Å². The highest BCUT2D eigenvalue weighted by molar-refractivity contribution is 7.80. The predicted octanol–water partition coefficient (Wildman–Crippen LogP) is 2.81. The summed E-state index contributed by atoms with van der Waals surface area (Å²) in [5, 5.41) is 7.52. The number of hydrogen-bond donors (Lipinski definition) is 2. The summed E-state index contributed by atoms with van der Waals surface area (Å²) < 4.78 is 5.50. The second-order valence-electron chi connectivity index (χ2n) is 3.98. The van der Waals surface area contributed by atoms with Crippen LogP contribution in [0, 0.1) is 0 Å². The molecule has 0 spiro atoms. The van der Waals surface area contributed by atoms with Gasteiger partial charge in [-0.2, -0.15) is 0 Å². The van der Waals surface area contributed by atoms with E-state index in [1.54, 1.807) is 0 Å². The molecule has 3 nitrogen and oxygen atoms in total. The fourth-order valence-electron chi connectivity index (χ4n) is 1.75. The summed E-state index contributed by atoms with van der Waals surface area (Å²) in [5.74, 6) is 0. The molecule has 92 valence electrons. The lowest BCUT2D eigenvalue weighted by molar-refractivity contribution is 0.114. The van der Waals surface area contributed by atoms with Crippen LogP contribution >= 0.6 is 23.8 Å². The summed E-state index contributed by atoms with van der Waals surface area (Å²) >= 11 is 11.1. The van der Waals surface area contributed by atoms with E-state index in [0.717, 1.165) is 31.7 Å². The second-order valence-corrected chi connectivity index (χ2v) is 4.83. The Balaban J connectivity index is 1.76. The molecule has 0 radical (unpaired) electrons. The summed E-state index contributed by atoms with van der Waals surface area (Å²) in [7, 11) is 0. The van der Waals surface area contributed by atoms with Gasteiger partial charge in [-0.05, 0) is 43.3 Å². The molecule has 1 atom stereocenters. The van der Waals surface area contributed by atoms with Crippen LogP contribution < -0.4 is 10.6 Å². The third kappa shape index (κ3) is 4.15. The smallest absolute Gasteiger partial charge is 0.170 e. The molecule has 0 aliphatic carbocycles. The van der Waals surface area contributed by atoms with Gasteiger partial charge in [-0.15, -0.1) is 0 Å². The third-order valence-electron chi connectivity index (χ3n) is 2.60. The van der Waals surface area contributed by atoms with Crippen molar-refractivity contribution in [1.29, 1.82) is 0 Å². The minimum Gasteiger partial charge on any atom is -0.376 e. The maximum absolute atomic E-state index is 5.89. The SMILES string of the molecule is S=C(NC[C@H]1CCCO1)Nc1cccc(Cl)c1. The summed E-state index contributed by atoms with van der Waals surface area (Å²) in [5.41, 5.74) is 0.891. The lowest BCUT2D eigenvalue weighted by Crippen LogP contribution is -2.34. The average Bonchev–Trinajstić information content (AvgIpc) is 2.79. The van der Waals surface area contributed by atoms with Gasteiger partial charge in [-0.3, -0.25) is 0 Å². The number of rotatable bonds is 3. The monoisotopic (exact) mass is 270 g/mol. The number of halogens is 1. The Hall–Kier alpha value is -0.840. The van der Waals surface area contributed by atoms with Gasteiger partial charge in [-0.25, -0.2) is 0 Å². The van der Waals surface area contributed by atoms with Crippen LogP contribution in [-0.4, -0.2) is 24.4 Å². The highest BCUT2D eigenvalue weighted by Gasteiger charge is 2.15. The maximum Gasteiger partial charge on any atom is 0.170 e. The van der Waals surface area contributed by atoms with Crippen molar-refractivity contribution in [3.05, 3.63) is 29.3 Å². The molecule has 0 saturated carbocycles. The predicted molar refractivity (Wildman–Crippen MR) is 74.6 cm³/mol. The van der Waals surface area contributed by atoms with Gasteiger partial charge in [0, 0.05) is 23.9 Å². The quantitative estimate of drug-likeness (QED) is 0.828. The van der Waals surface area contributed by atoms with E-state index >= 15 is 0 Å². The standard InChI is InChI=1S/C12H15ClN2OS/c13-9-3-1-4-10(7-9)15-12(17)14-8-11-5-2-6-16-11/h1,3-4,7,11H,2,5-6,8H2,(H2,14,15,17)/t11-/m1/s1. The van der Waals surface area contributed by atoms with Crippen molar-refractivity contribution in [3.63, 3.8) is 0 Å². The fraction of sp³-hybridized carbons (Fsp3) is 0.417. The van der Waals surface area contributed by atoms with Gasteiger partial charge in [0.25, 0.3) is 0 Å². The van der Waals surface area contributed by atoms with E-state index in [-0.39, 0.29) is 6.10 Å². The Morgan fingerprint density at radius 3 is 3.12 bits per heavy atom. The summed E-state index contributed by atoms with van der Waals surface area (Å²) in [6.45, 7) is 1.62. The molecule has 5 heteroatoms. The Morgan fingerprint density at radius 1 is 1.53 bits per heavy atom. The minimum absolute atomic E-state index is 0.286. The van der Waals surface area contributed by atoms with Gasteiger partial charge >= 0.3 is 0 Å². The van der Waals surface area contributed by atoms with Crippen molar-refractivity contribution in [2.75, 3.05) is 18.5 Å². The highest BCUT2D eigenvalue weighted by atomic mass is 35.5. The first kappa shape index (κ1) is 12.6. The first-order chi connectivity index (χ1) is 8.24. The summed E-state index contributed by atoms with van der Waals surface area (Å²) in [6.07, 6.45) is 2.53. The van der Waals surface area contributed by atoms with Crippen molar-refractivity contribution >= 4 is 34.6 Å². The zero-order valence-corrected chi connectivity index (χ0v) is 11.0. The summed E-state index contributed by atoms with van der Waals surface area (Å²) in [4.78, 5) is 0. The van der Waals surface area contributed by atoms with Crippen molar-refractivity contribution in [2.45, 2.75) is 18.9 Å². The molecule has 0 aromatic heterocycles. The van der Waals surface area contributed by atoms with Gasteiger partial charge in [0.15, 0.2) is 5.11 Å². The number of thiocarbonyl (C=S) groups is 1. The number of ether oxygens (including phenoxy) is 1. The lowest BCUT2D eigenvalue weighted by Gasteiger charge is -2.14. The van der Waals surface area contributed by atoms with Crippen LogP contribution in [0.3, 0.4) is 0 Å². The van der Waals surface area contributed by atoms with Gasteiger partial charge in [-0.1, -0.05) is 17.7 Å². The van der Waals surface area contributed by atoms with E-state index in [0.29, 0.717) is 10.1 Å². The van der Waals surface area contributed by atoms with Crippen molar-refractivity contribution in [1.82, 2.24) is 5.32 Å². The van der Waals surface area contributed by atoms with Crippen molar-refractivity contribution < 1.29 is 4.74 Å². The molecule has 1 saturated heterocycles. The molecule has 1 fully saturated rings. The molecule has 1 aromatic carbocycles. The number of benzene rings is 1. The number of anilines is 1. The van der Waals surface area contributed by atoms with Crippen LogP contribution in [0.2, 0.25) is 5.02 Å². The number of hydrogen-bond acceptors (Lipinski definition) is 2. The zero-order valence-electron chi connectivity index (χ0n) is 9.41. The van der Waals surface area contributed by atoms with E-state index in [4.69, 9.17) is 28.6 Å². The molecule has 1 aromatic rings.